The van der Waals surface area contributed by atoms with Crippen molar-refractivity contribution in [2.75, 3.05) is 27.4 Å². The molecule has 0 fully saturated rings. The van der Waals surface area contributed by atoms with Gasteiger partial charge >= 0.3 is 12.0 Å². The van der Waals surface area contributed by atoms with Crippen LogP contribution in [0.15, 0.2) is 71.0 Å². The summed E-state index contributed by atoms with van der Waals surface area (Å²) in [5, 5.41) is 29.5. The Balaban J connectivity index is 1.45. The molecule has 2 atom stereocenters. The molecular formula is C33H34IN5O8. The zero-order chi connectivity index (χ0) is 33.9. The average molecular weight is 756 g/mol. The van der Waals surface area contributed by atoms with Gasteiger partial charge in [0.05, 0.1) is 50.3 Å². The van der Waals surface area contributed by atoms with Crippen molar-refractivity contribution in [1.82, 2.24) is 16.1 Å². The first-order chi connectivity index (χ1) is 22.7. The molecule has 1 aliphatic rings. The van der Waals surface area contributed by atoms with E-state index in [1.54, 1.807) is 44.2 Å². The number of benzene rings is 3. The molecule has 3 aromatic rings. The molecule has 4 rings (SSSR count). The number of hydrogen-bond donors (Lipinski definition) is 4. The molecule has 0 spiro atoms. The highest BCUT2D eigenvalue weighted by Gasteiger charge is 2.32. The lowest BCUT2D eigenvalue weighted by atomic mass is 9.95. The van der Waals surface area contributed by atoms with E-state index < -0.39 is 24.3 Å². The second kappa shape index (κ2) is 16.5. The van der Waals surface area contributed by atoms with E-state index >= 15 is 0 Å². The van der Waals surface area contributed by atoms with Crippen molar-refractivity contribution in [2.45, 2.75) is 32.7 Å². The number of aliphatic hydroxyl groups excluding tert-OH is 1. The molecule has 2 amide bonds. The highest BCUT2D eigenvalue weighted by Crippen LogP contribution is 2.35. The van der Waals surface area contributed by atoms with Crippen LogP contribution >= 0.6 is 22.6 Å². The standard InChI is InChI=1S/C33H34IN5O8/c1-5-45-26-13-20(30-29(32(41)44-4)19(2)37-33(42)38-30)10-11-25(26)46-18-28(40)39-36-16-23-12-24(34)14-27(43-3)31(23)47-17-22-9-7-6-8-21(22)15-35/h6-14,16,28,30,39-40H,5,17-18H2,1-4H3,(H2,37,38,42)/b36-16+/t28-,30+/m1/s1. The molecule has 0 radical (unpaired) electrons. The maximum Gasteiger partial charge on any atom is 0.337 e. The first-order valence-electron chi connectivity index (χ1n) is 14.4. The summed E-state index contributed by atoms with van der Waals surface area (Å²) in [5.41, 5.74) is 5.65. The highest BCUT2D eigenvalue weighted by atomic mass is 127. The molecule has 14 heteroatoms. The van der Waals surface area contributed by atoms with Gasteiger partial charge in [-0.1, -0.05) is 24.3 Å². The second-order valence-corrected chi connectivity index (χ2v) is 11.2. The molecule has 13 nitrogen and oxygen atoms in total. The maximum atomic E-state index is 12.5. The number of esters is 1. The largest absolute Gasteiger partial charge is 0.493 e. The fourth-order valence-electron chi connectivity index (χ4n) is 4.71. The van der Waals surface area contributed by atoms with Gasteiger partial charge in [-0.25, -0.2) is 9.59 Å². The summed E-state index contributed by atoms with van der Waals surface area (Å²) >= 11 is 2.15. The predicted octanol–water partition coefficient (Wildman–Crippen LogP) is 4.27. The monoisotopic (exact) mass is 755 g/mol. The zero-order valence-corrected chi connectivity index (χ0v) is 28.3. The second-order valence-electron chi connectivity index (χ2n) is 10.00. The van der Waals surface area contributed by atoms with Crippen molar-refractivity contribution in [2.24, 2.45) is 5.10 Å². The normalized spacial score (nSPS) is 14.8. The first-order valence-corrected chi connectivity index (χ1v) is 15.5. The molecule has 47 heavy (non-hydrogen) atoms. The molecule has 0 aliphatic carbocycles. The van der Waals surface area contributed by atoms with E-state index in [-0.39, 0.29) is 18.8 Å². The lowest BCUT2D eigenvalue weighted by molar-refractivity contribution is -0.136. The van der Waals surface area contributed by atoms with Crippen molar-refractivity contribution in [3.05, 3.63) is 91.7 Å². The number of nitrogens with one attached hydrogen (secondary N) is 3. The number of ether oxygens (including phenoxy) is 5. The summed E-state index contributed by atoms with van der Waals surface area (Å²) in [6, 6.07) is 16.7. The summed E-state index contributed by atoms with van der Waals surface area (Å²) in [4.78, 5) is 24.7. The minimum absolute atomic E-state index is 0.135. The fourth-order valence-corrected chi connectivity index (χ4v) is 5.33. The third-order valence-corrected chi connectivity index (χ3v) is 7.50. The van der Waals surface area contributed by atoms with E-state index in [1.807, 2.05) is 24.3 Å². The number of carbonyl (C=O) groups excluding carboxylic acids is 2. The number of hydrogen-bond acceptors (Lipinski definition) is 11. The van der Waals surface area contributed by atoms with E-state index in [0.29, 0.717) is 52.0 Å². The Kier molecular flexibility index (Phi) is 12.3. The van der Waals surface area contributed by atoms with Crippen LogP contribution in [0.25, 0.3) is 0 Å². The van der Waals surface area contributed by atoms with Gasteiger partial charge in [0.15, 0.2) is 29.2 Å². The van der Waals surface area contributed by atoms with Gasteiger partial charge in [0.1, 0.15) is 13.2 Å². The lowest BCUT2D eigenvalue weighted by Gasteiger charge is -2.28. The number of methoxy groups -OCH3 is 2. The van der Waals surface area contributed by atoms with Crippen molar-refractivity contribution >= 4 is 40.8 Å². The van der Waals surface area contributed by atoms with Crippen molar-refractivity contribution in [1.29, 1.82) is 5.26 Å². The number of amides is 2. The number of nitriles is 1. The smallest absolute Gasteiger partial charge is 0.337 e. The molecule has 0 unspecified atom stereocenters. The van der Waals surface area contributed by atoms with Gasteiger partial charge < -0.3 is 39.4 Å². The number of carbonyl (C=O) groups is 2. The minimum Gasteiger partial charge on any atom is -0.493 e. The minimum atomic E-state index is -1.21. The summed E-state index contributed by atoms with van der Waals surface area (Å²) < 4.78 is 29.0. The van der Waals surface area contributed by atoms with E-state index in [4.69, 9.17) is 23.7 Å². The number of aliphatic hydroxyl groups is 1. The summed E-state index contributed by atoms with van der Waals surface area (Å²) in [5.74, 6) is 0.998. The Labute approximate surface area is 285 Å². The Bertz CT molecular complexity index is 1720. The van der Waals surface area contributed by atoms with Crippen LogP contribution in [0, 0.1) is 14.9 Å². The first kappa shape index (κ1) is 34.9. The topological polar surface area (TPSA) is 173 Å². The van der Waals surface area contributed by atoms with E-state index in [0.717, 1.165) is 9.13 Å². The third kappa shape index (κ3) is 8.83. The van der Waals surface area contributed by atoms with Gasteiger partial charge in [-0.05, 0) is 72.3 Å². The van der Waals surface area contributed by atoms with Crippen LogP contribution in [0.3, 0.4) is 0 Å². The highest BCUT2D eigenvalue weighted by molar-refractivity contribution is 14.1. The molecule has 0 saturated heterocycles. The van der Waals surface area contributed by atoms with E-state index in [2.05, 4.69) is 49.8 Å². The molecule has 0 bridgehead atoms. The van der Waals surface area contributed by atoms with Crippen LogP contribution in [0.4, 0.5) is 4.79 Å². The summed E-state index contributed by atoms with van der Waals surface area (Å²) in [6.07, 6.45) is 0.277. The molecule has 1 heterocycles. The van der Waals surface area contributed by atoms with Crippen molar-refractivity contribution in [3.8, 4) is 29.1 Å². The van der Waals surface area contributed by atoms with Gasteiger partial charge in [-0.15, -0.1) is 0 Å². The van der Waals surface area contributed by atoms with Crippen molar-refractivity contribution < 1.29 is 38.4 Å². The van der Waals surface area contributed by atoms with Crippen LogP contribution in [0.2, 0.25) is 0 Å². The molecule has 0 aromatic heterocycles. The number of allylic oxidation sites excluding steroid dienone is 1. The molecule has 3 aromatic carbocycles. The predicted molar refractivity (Wildman–Crippen MR) is 180 cm³/mol. The molecular weight excluding hydrogens is 721 g/mol. The van der Waals surface area contributed by atoms with Crippen LogP contribution in [0.1, 0.15) is 42.1 Å². The van der Waals surface area contributed by atoms with Gasteiger partial charge in [-0.3, -0.25) is 5.43 Å². The number of hydrazone groups is 1. The number of halogens is 1. The number of rotatable bonds is 14. The summed E-state index contributed by atoms with van der Waals surface area (Å²) in [7, 11) is 2.80. The Morgan fingerprint density at radius 3 is 2.64 bits per heavy atom. The van der Waals surface area contributed by atoms with Crippen LogP contribution < -0.4 is 35.0 Å². The van der Waals surface area contributed by atoms with E-state index in [9.17, 15) is 20.0 Å². The van der Waals surface area contributed by atoms with Gasteiger partial charge in [0, 0.05) is 20.4 Å². The van der Waals surface area contributed by atoms with Gasteiger partial charge in [-0.2, -0.15) is 10.4 Å². The van der Waals surface area contributed by atoms with Crippen LogP contribution in [0.5, 0.6) is 23.0 Å². The molecule has 4 N–H and O–H groups in total. The van der Waals surface area contributed by atoms with Crippen LogP contribution in [-0.4, -0.2) is 57.0 Å². The zero-order valence-electron chi connectivity index (χ0n) is 26.1. The van der Waals surface area contributed by atoms with Gasteiger partial charge in [0.2, 0.25) is 0 Å². The Morgan fingerprint density at radius 2 is 1.91 bits per heavy atom. The Hall–Kier alpha value is -5.01. The SMILES string of the molecule is CCOc1cc([C@@H]2NC(=O)NC(C)=C2C(=O)OC)ccc1OC[C@@H](O)N/N=C/c1cc(I)cc(OC)c1OCc1ccccc1C#N. The number of nitrogens with zero attached hydrogens (tertiary/aromatic N) is 2. The Morgan fingerprint density at radius 1 is 1.13 bits per heavy atom. The molecule has 246 valence electrons. The molecule has 1 aliphatic heterocycles. The summed E-state index contributed by atoms with van der Waals surface area (Å²) in [6.45, 7) is 3.67. The van der Waals surface area contributed by atoms with E-state index in [1.165, 1.54) is 20.4 Å². The average Bonchev–Trinajstić information content (AvgIpc) is 3.06. The van der Waals surface area contributed by atoms with Crippen molar-refractivity contribution in [3.63, 3.8) is 0 Å². The van der Waals surface area contributed by atoms with Crippen LogP contribution in [-0.2, 0) is 16.1 Å². The molecule has 0 saturated carbocycles. The number of urea groups is 1. The quantitative estimate of drug-likeness (QED) is 0.0612. The lowest BCUT2D eigenvalue weighted by Crippen LogP contribution is -2.45. The van der Waals surface area contributed by atoms with Gasteiger partial charge in [0.25, 0.3) is 0 Å². The fraction of sp³-hybridized carbons (Fsp3) is 0.273. The maximum absolute atomic E-state index is 12.5. The third-order valence-electron chi connectivity index (χ3n) is 6.88.